The molecule has 1 aromatic rings. The number of thioether (sulfide) groups is 1. The van der Waals surface area contributed by atoms with Gasteiger partial charge in [-0.2, -0.15) is 0 Å². The Kier molecular flexibility index (Phi) is 3.71. The molecule has 0 aliphatic rings. The number of nitrogens with zero attached hydrogens (tertiary/aromatic N) is 1. The molecule has 1 unspecified atom stereocenters. The molecular weight excluding hydrogens is 208 g/mol. The van der Waals surface area contributed by atoms with Crippen LogP contribution in [0.25, 0.3) is 0 Å². The molecule has 0 saturated carbocycles. The highest BCUT2D eigenvalue weighted by atomic mass is 32.2. The Balaban J connectivity index is 2.58. The molecule has 6 heteroatoms. The number of carboxylic acid groups (broad SMARTS) is 1. The molecule has 0 aromatic carbocycles. The largest absolute Gasteiger partial charge is 0.480 e. The number of thiazole rings is 1. The number of hydrogen-bond donors (Lipinski definition) is 2. The molecule has 0 amide bonds. The molecule has 0 spiro atoms. The molecule has 0 saturated heterocycles. The van der Waals surface area contributed by atoms with Crippen molar-refractivity contribution in [3.63, 3.8) is 0 Å². The zero-order chi connectivity index (χ0) is 9.84. The SMILES string of the molecule is CSc1ncc(CC(N)C(=O)O)s1. The monoisotopic (exact) mass is 218 g/mol. The van der Waals surface area contributed by atoms with Crippen LogP contribution in [0.1, 0.15) is 4.88 Å². The Labute approximate surface area is 84.2 Å². The van der Waals surface area contributed by atoms with E-state index in [2.05, 4.69) is 4.98 Å². The fraction of sp³-hybridized carbons (Fsp3) is 0.429. The normalized spacial score (nSPS) is 12.8. The predicted molar refractivity (Wildman–Crippen MR) is 53.2 cm³/mol. The van der Waals surface area contributed by atoms with Gasteiger partial charge in [0, 0.05) is 17.5 Å². The van der Waals surface area contributed by atoms with Crippen LogP contribution in [0.3, 0.4) is 0 Å². The van der Waals surface area contributed by atoms with Gasteiger partial charge in [0.1, 0.15) is 10.4 Å². The second kappa shape index (κ2) is 4.59. The van der Waals surface area contributed by atoms with Crippen molar-refractivity contribution < 1.29 is 9.90 Å². The van der Waals surface area contributed by atoms with Crippen LogP contribution in [0, 0.1) is 0 Å². The third-order valence-corrected chi connectivity index (χ3v) is 3.46. The third kappa shape index (κ3) is 2.98. The average Bonchev–Trinajstić information content (AvgIpc) is 2.52. The molecule has 0 fully saturated rings. The molecule has 0 bridgehead atoms. The Hall–Kier alpha value is -0.590. The molecule has 1 atom stereocenters. The second-order valence-electron chi connectivity index (χ2n) is 2.45. The molecule has 1 heterocycles. The van der Waals surface area contributed by atoms with Gasteiger partial charge in [0.2, 0.25) is 0 Å². The first-order valence-electron chi connectivity index (χ1n) is 3.60. The summed E-state index contributed by atoms with van der Waals surface area (Å²) < 4.78 is 0.938. The van der Waals surface area contributed by atoms with Gasteiger partial charge in [-0.15, -0.1) is 11.3 Å². The lowest BCUT2D eigenvalue weighted by Gasteiger charge is -2.01. The summed E-state index contributed by atoms with van der Waals surface area (Å²) >= 11 is 3.03. The first-order valence-corrected chi connectivity index (χ1v) is 5.64. The number of carboxylic acids is 1. The molecule has 0 aliphatic heterocycles. The van der Waals surface area contributed by atoms with Gasteiger partial charge in [0.25, 0.3) is 0 Å². The minimum Gasteiger partial charge on any atom is -0.480 e. The summed E-state index contributed by atoms with van der Waals surface area (Å²) in [5.74, 6) is -0.973. The molecule has 1 rings (SSSR count). The highest BCUT2D eigenvalue weighted by molar-refractivity contribution is 8.00. The highest BCUT2D eigenvalue weighted by Crippen LogP contribution is 2.22. The zero-order valence-electron chi connectivity index (χ0n) is 7.06. The van der Waals surface area contributed by atoms with Crippen LogP contribution in [0.2, 0.25) is 0 Å². The van der Waals surface area contributed by atoms with Crippen molar-refractivity contribution in [2.24, 2.45) is 5.73 Å². The van der Waals surface area contributed by atoms with E-state index in [0.29, 0.717) is 6.42 Å². The molecular formula is C7H10N2O2S2. The minimum atomic E-state index is -0.973. The van der Waals surface area contributed by atoms with Gasteiger partial charge in [0.15, 0.2) is 0 Å². The van der Waals surface area contributed by atoms with E-state index in [0.717, 1.165) is 9.22 Å². The number of carbonyl (C=O) groups is 1. The van der Waals surface area contributed by atoms with Gasteiger partial charge < -0.3 is 10.8 Å². The zero-order valence-corrected chi connectivity index (χ0v) is 8.69. The van der Waals surface area contributed by atoms with Gasteiger partial charge in [-0.1, -0.05) is 11.8 Å². The van der Waals surface area contributed by atoms with Gasteiger partial charge in [-0.3, -0.25) is 4.79 Å². The third-order valence-electron chi connectivity index (χ3n) is 1.45. The number of aliphatic carboxylic acids is 1. The van der Waals surface area contributed by atoms with Crippen LogP contribution >= 0.6 is 23.1 Å². The maximum Gasteiger partial charge on any atom is 0.320 e. The fourth-order valence-corrected chi connectivity index (χ4v) is 2.29. The van der Waals surface area contributed by atoms with E-state index in [-0.39, 0.29) is 0 Å². The lowest BCUT2D eigenvalue weighted by Crippen LogP contribution is -2.31. The molecule has 13 heavy (non-hydrogen) atoms. The molecule has 3 N–H and O–H groups in total. The maximum atomic E-state index is 10.4. The summed E-state index contributed by atoms with van der Waals surface area (Å²) in [6.07, 6.45) is 3.96. The Bertz CT molecular complexity index is 300. The van der Waals surface area contributed by atoms with Crippen LogP contribution in [0.15, 0.2) is 10.5 Å². The van der Waals surface area contributed by atoms with E-state index in [4.69, 9.17) is 10.8 Å². The van der Waals surface area contributed by atoms with Gasteiger partial charge in [-0.05, 0) is 6.26 Å². The van der Waals surface area contributed by atoms with E-state index < -0.39 is 12.0 Å². The minimum absolute atomic E-state index is 0.355. The quantitative estimate of drug-likeness (QED) is 0.732. The predicted octanol–water partition coefficient (Wildman–Crippen LogP) is 0.819. The van der Waals surface area contributed by atoms with Crippen molar-refractivity contribution in [1.29, 1.82) is 0 Å². The Morgan fingerprint density at radius 1 is 1.92 bits per heavy atom. The Morgan fingerprint density at radius 3 is 3.08 bits per heavy atom. The van der Waals surface area contributed by atoms with Crippen LogP contribution in [0.5, 0.6) is 0 Å². The van der Waals surface area contributed by atoms with E-state index in [9.17, 15) is 4.79 Å². The highest BCUT2D eigenvalue weighted by Gasteiger charge is 2.13. The summed E-state index contributed by atoms with van der Waals surface area (Å²) in [6.45, 7) is 0. The van der Waals surface area contributed by atoms with Gasteiger partial charge in [-0.25, -0.2) is 4.98 Å². The van der Waals surface area contributed by atoms with Crippen molar-refractivity contribution in [1.82, 2.24) is 4.98 Å². The average molecular weight is 218 g/mol. The molecule has 0 radical (unpaired) electrons. The second-order valence-corrected chi connectivity index (χ2v) is 4.61. The van der Waals surface area contributed by atoms with E-state index in [1.807, 2.05) is 6.26 Å². The summed E-state index contributed by atoms with van der Waals surface area (Å²) in [5.41, 5.74) is 5.37. The standard InChI is InChI=1S/C7H10N2O2S2/c1-12-7-9-3-4(13-7)2-5(8)6(10)11/h3,5H,2,8H2,1H3,(H,10,11). The lowest BCUT2D eigenvalue weighted by atomic mass is 10.2. The van der Waals surface area contributed by atoms with Gasteiger partial charge in [0.05, 0.1) is 0 Å². The first kappa shape index (κ1) is 10.5. The number of rotatable bonds is 4. The van der Waals surface area contributed by atoms with E-state index in [1.165, 1.54) is 11.3 Å². The van der Waals surface area contributed by atoms with Crippen molar-refractivity contribution >= 4 is 29.1 Å². The summed E-state index contributed by atoms with van der Waals surface area (Å²) in [6, 6.07) is -0.824. The molecule has 0 aliphatic carbocycles. The topological polar surface area (TPSA) is 76.2 Å². The number of nitrogens with two attached hydrogens (primary N) is 1. The smallest absolute Gasteiger partial charge is 0.320 e. The first-order chi connectivity index (χ1) is 6.13. The lowest BCUT2D eigenvalue weighted by molar-refractivity contribution is -0.138. The fourth-order valence-electron chi connectivity index (χ4n) is 0.782. The summed E-state index contributed by atoms with van der Waals surface area (Å²) in [7, 11) is 0. The maximum absolute atomic E-state index is 10.4. The van der Waals surface area contributed by atoms with E-state index >= 15 is 0 Å². The summed E-state index contributed by atoms with van der Waals surface area (Å²) in [5, 5.41) is 8.56. The van der Waals surface area contributed by atoms with E-state index in [1.54, 1.807) is 18.0 Å². The van der Waals surface area contributed by atoms with Crippen LogP contribution in [-0.4, -0.2) is 28.4 Å². The molecule has 1 aromatic heterocycles. The van der Waals surface area contributed by atoms with Crippen molar-refractivity contribution in [3.05, 3.63) is 11.1 Å². The van der Waals surface area contributed by atoms with Crippen molar-refractivity contribution in [3.8, 4) is 0 Å². The van der Waals surface area contributed by atoms with Crippen LogP contribution in [0.4, 0.5) is 0 Å². The molecule has 72 valence electrons. The molecule has 4 nitrogen and oxygen atoms in total. The number of aromatic nitrogens is 1. The van der Waals surface area contributed by atoms with Crippen molar-refractivity contribution in [2.75, 3.05) is 6.26 Å². The summed E-state index contributed by atoms with van der Waals surface area (Å²) in [4.78, 5) is 15.4. The Morgan fingerprint density at radius 2 is 2.62 bits per heavy atom. The van der Waals surface area contributed by atoms with Gasteiger partial charge >= 0.3 is 5.97 Å². The van der Waals surface area contributed by atoms with Crippen molar-refractivity contribution in [2.45, 2.75) is 16.8 Å². The van der Waals surface area contributed by atoms with Crippen LogP contribution in [-0.2, 0) is 11.2 Å². The number of hydrogen-bond acceptors (Lipinski definition) is 5. The van der Waals surface area contributed by atoms with Crippen LogP contribution < -0.4 is 5.73 Å².